The first-order valence-corrected chi connectivity index (χ1v) is 4.39. The van der Waals surface area contributed by atoms with Crippen molar-refractivity contribution in [2.45, 2.75) is 25.0 Å². The lowest BCUT2D eigenvalue weighted by atomic mass is 10.2. The Hall–Kier alpha value is -0.650. The van der Waals surface area contributed by atoms with E-state index in [0.29, 0.717) is 13.2 Å². The van der Waals surface area contributed by atoms with Gasteiger partial charge in [0, 0.05) is 19.2 Å². The highest BCUT2D eigenvalue weighted by atomic mass is 16.5. The number of rotatable bonds is 5. The Morgan fingerprint density at radius 2 is 2.46 bits per heavy atom. The number of hydrogen-bond acceptors (Lipinski definition) is 4. The molecule has 1 heterocycles. The van der Waals surface area contributed by atoms with Crippen molar-refractivity contribution in [3.05, 3.63) is 0 Å². The van der Waals surface area contributed by atoms with Gasteiger partial charge in [0.05, 0.1) is 19.1 Å². The number of ether oxygens (including phenoxy) is 1. The van der Waals surface area contributed by atoms with Crippen LogP contribution in [0.25, 0.3) is 0 Å². The van der Waals surface area contributed by atoms with Gasteiger partial charge in [0.2, 0.25) is 0 Å². The Morgan fingerprint density at radius 1 is 1.69 bits per heavy atom. The second-order valence-electron chi connectivity index (χ2n) is 3.22. The van der Waals surface area contributed by atoms with Crippen LogP contribution >= 0.6 is 0 Å². The average Bonchev–Trinajstić information content (AvgIpc) is 2.51. The first kappa shape index (κ1) is 10.4. The number of aliphatic carboxylic acids is 1. The van der Waals surface area contributed by atoms with Crippen LogP contribution in [0.3, 0.4) is 0 Å². The average molecular weight is 189 g/mol. The summed E-state index contributed by atoms with van der Waals surface area (Å²) < 4.78 is 5.11. The molecule has 0 aromatic rings. The summed E-state index contributed by atoms with van der Waals surface area (Å²) in [5.41, 5.74) is 0. The van der Waals surface area contributed by atoms with Crippen LogP contribution in [0.5, 0.6) is 0 Å². The summed E-state index contributed by atoms with van der Waals surface area (Å²) in [4.78, 5) is 10.2. The van der Waals surface area contributed by atoms with Gasteiger partial charge in [-0.15, -0.1) is 0 Å². The number of nitrogens with one attached hydrogen (secondary N) is 1. The summed E-state index contributed by atoms with van der Waals surface area (Å²) in [5.74, 6) is -0.975. The van der Waals surface area contributed by atoms with Gasteiger partial charge in [0.15, 0.2) is 0 Å². The molecule has 1 saturated heterocycles. The third-order valence-corrected chi connectivity index (χ3v) is 1.98. The van der Waals surface area contributed by atoms with Crippen LogP contribution in [-0.4, -0.2) is 48.1 Å². The van der Waals surface area contributed by atoms with Gasteiger partial charge in [-0.3, -0.25) is 4.79 Å². The van der Waals surface area contributed by atoms with E-state index in [0.717, 1.165) is 13.0 Å². The van der Waals surface area contributed by atoms with E-state index in [2.05, 4.69) is 5.32 Å². The Balaban J connectivity index is 2.06. The second-order valence-corrected chi connectivity index (χ2v) is 3.22. The fourth-order valence-electron chi connectivity index (χ4n) is 1.27. The number of aliphatic hydroxyl groups is 1. The molecular formula is C8H15NO4. The van der Waals surface area contributed by atoms with Crippen LogP contribution in [0, 0.1) is 0 Å². The predicted octanol–water partition coefficient (Wildman–Crippen LogP) is -0.800. The normalized spacial score (nSPS) is 24.5. The van der Waals surface area contributed by atoms with Crippen molar-refractivity contribution in [2.24, 2.45) is 0 Å². The Bertz CT molecular complexity index is 168. The molecular weight excluding hydrogens is 174 g/mol. The van der Waals surface area contributed by atoms with Crippen molar-refractivity contribution in [1.82, 2.24) is 5.32 Å². The molecule has 0 spiro atoms. The lowest BCUT2D eigenvalue weighted by Gasteiger charge is -2.13. The lowest BCUT2D eigenvalue weighted by Crippen LogP contribution is -2.36. The minimum absolute atomic E-state index is 0.208. The third-order valence-electron chi connectivity index (χ3n) is 1.98. The maximum atomic E-state index is 10.2. The molecule has 13 heavy (non-hydrogen) atoms. The molecule has 1 rings (SSSR count). The van der Waals surface area contributed by atoms with Crippen molar-refractivity contribution < 1.29 is 19.7 Å². The molecule has 76 valence electrons. The fourth-order valence-corrected chi connectivity index (χ4v) is 1.27. The quantitative estimate of drug-likeness (QED) is 0.527. The van der Waals surface area contributed by atoms with Crippen molar-refractivity contribution in [3.8, 4) is 0 Å². The van der Waals surface area contributed by atoms with Gasteiger partial charge in [-0.2, -0.15) is 0 Å². The summed E-state index contributed by atoms with van der Waals surface area (Å²) in [7, 11) is 0. The zero-order valence-corrected chi connectivity index (χ0v) is 7.40. The van der Waals surface area contributed by atoms with E-state index in [1.807, 2.05) is 0 Å². The summed E-state index contributed by atoms with van der Waals surface area (Å²) in [6.07, 6.45) is -0.0847. The Labute approximate surface area is 76.7 Å². The first-order chi connectivity index (χ1) is 6.18. The maximum absolute atomic E-state index is 10.2. The van der Waals surface area contributed by atoms with Crippen molar-refractivity contribution >= 4 is 5.97 Å². The molecule has 0 aliphatic carbocycles. The Kier molecular flexibility index (Phi) is 4.14. The van der Waals surface area contributed by atoms with Crippen LogP contribution < -0.4 is 5.32 Å². The third kappa shape index (κ3) is 4.21. The van der Waals surface area contributed by atoms with Crippen molar-refractivity contribution in [2.75, 3.05) is 19.8 Å². The molecule has 1 aliphatic heterocycles. The SMILES string of the molecule is O=C(O)CC(O)CNC1CCOC1. The summed E-state index contributed by atoms with van der Waals surface area (Å²) in [5, 5.41) is 20.6. The molecule has 1 aliphatic rings. The summed E-state index contributed by atoms with van der Waals surface area (Å²) >= 11 is 0. The van der Waals surface area contributed by atoms with E-state index in [1.165, 1.54) is 0 Å². The fraction of sp³-hybridized carbons (Fsp3) is 0.875. The van der Waals surface area contributed by atoms with Crippen molar-refractivity contribution in [1.29, 1.82) is 0 Å². The van der Waals surface area contributed by atoms with Gasteiger partial charge in [-0.05, 0) is 6.42 Å². The monoisotopic (exact) mass is 189 g/mol. The summed E-state index contributed by atoms with van der Waals surface area (Å²) in [6.45, 7) is 1.72. The minimum Gasteiger partial charge on any atom is -0.481 e. The standard InChI is InChI=1S/C8H15NO4/c10-7(3-8(11)12)4-9-6-1-2-13-5-6/h6-7,9-10H,1-5H2,(H,11,12). The molecule has 0 saturated carbocycles. The number of hydrogen-bond donors (Lipinski definition) is 3. The van der Waals surface area contributed by atoms with Gasteiger partial charge in [-0.1, -0.05) is 0 Å². The van der Waals surface area contributed by atoms with Gasteiger partial charge in [-0.25, -0.2) is 0 Å². The molecule has 0 amide bonds. The van der Waals surface area contributed by atoms with E-state index in [1.54, 1.807) is 0 Å². The van der Waals surface area contributed by atoms with Gasteiger partial charge in [0.1, 0.15) is 0 Å². The van der Waals surface area contributed by atoms with Crippen LogP contribution in [0.15, 0.2) is 0 Å². The molecule has 0 aromatic carbocycles. The highest BCUT2D eigenvalue weighted by Crippen LogP contribution is 2.03. The highest BCUT2D eigenvalue weighted by molar-refractivity contribution is 5.67. The van der Waals surface area contributed by atoms with Crippen LogP contribution in [0.2, 0.25) is 0 Å². The molecule has 0 aromatic heterocycles. The Morgan fingerprint density at radius 3 is 3.00 bits per heavy atom. The van der Waals surface area contributed by atoms with E-state index in [-0.39, 0.29) is 12.5 Å². The smallest absolute Gasteiger partial charge is 0.306 e. The topological polar surface area (TPSA) is 78.8 Å². The zero-order chi connectivity index (χ0) is 9.68. The van der Waals surface area contributed by atoms with Gasteiger partial charge < -0.3 is 20.3 Å². The van der Waals surface area contributed by atoms with E-state index in [9.17, 15) is 9.90 Å². The molecule has 5 nitrogen and oxygen atoms in total. The van der Waals surface area contributed by atoms with Crippen LogP contribution in [0.4, 0.5) is 0 Å². The van der Waals surface area contributed by atoms with Gasteiger partial charge >= 0.3 is 5.97 Å². The lowest BCUT2D eigenvalue weighted by molar-refractivity contribution is -0.139. The van der Waals surface area contributed by atoms with Gasteiger partial charge in [0.25, 0.3) is 0 Å². The van der Waals surface area contributed by atoms with Crippen LogP contribution in [0.1, 0.15) is 12.8 Å². The first-order valence-electron chi connectivity index (χ1n) is 4.39. The van der Waals surface area contributed by atoms with Crippen molar-refractivity contribution in [3.63, 3.8) is 0 Å². The minimum atomic E-state index is -0.975. The van der Waals surface area contributed by atoms with E-state index in [4.69, 9.17) is 9.84 Å². The molecule has 5 heteroatoms. The zero-order valence-electron chi connectivity index (χ0n) is 7.40. The van der Waals surface area contributed by atoms with E-state index >= 15 is 0 Å². The maximum Gasteiger partial charge on any atom is 0.306 e. The van der Waals surface area contributed by atoms with E-state index < -0.39 is 12.1 Å². The van der Waals surface area contributed by atoms with Crippen LogP contribution in [-0.2, 0) is 9.53 Å². The molecule has 2 atom stereocenters. The second kappa shape index (κ2) is 5.16. The molecule has 0 bridgehead atoms. The molecule has 0 radical (unpaired) electrons. The molecule has 3 N–H and O–H groups in total. The summed E-state index contributed by atoms with van der Waals surface area (Å²) in [6, 6.07) is 0.267. The number of carboxylic acid groups (broad SMARTS) is 1. The predicted molar refractivity (Wildman–Crippen MR) is 45.5 cm³/mol. The highest BCUT2D eigenvalue weighted by Gasteiger charge is 2.17. The number of aliphatic hydroxyl groups excluding tert-OH is 1. The number of carboxylic acids is 1. The molecule has 1 fully saturated rings. The largest absolute Gasteiger partial charge is 0.481 e. The number of carbonyl (C=O) groups is 1. The molecule has 2 unspecified atom stereocenters.